The lowest BCUT2D eigenvalue weighted by atomic mass is 9.79. The van der Waals surface area contributed by atoms with E-state index in [9.17, 15) is 0 Å². The highest BCUT2D eigenvalue weighted by molar-refractivity contribution is 4.69. The Hall–Kier alpha value is 0. The van der Waals surface area contributed by atoms with E-state index in [1.165, 1.54) is 25.7 Å². The highest BCUT2D eigenvalue weighted by Crippen LogP contribution is 2.29. The van der Waals surface area contributed by atoms with Crippen molar-refractivity contribution in [3.63, 3.8) is 0 Å². The third-order valence-corrected chi connectivity index (χ3v) is 7.95. The molecule has 0 aliphatic rings. The lowest BCUT2D eigenvalue weighted by molar-refractivity contribution is 0.240. The van der Waals surface area contributed by atoms with Gasteiger partial charge in [0.1, 0.15) is 0 Å². The van der Waals surface area contributed by atoms with Crippen molar-refractivity contribution in [2.24, 2.45) is 57.7 Å². The first-order chi connectivity index (χ1) is 16.2. The molecule has 0 aromatic rings. The second-order valence-corrected chi connectivity index (χ2v) is 16.8. The van der Waals surface area contributed by atoms with Crippen molar-refractivity contribution in [2.75, 3.05) is 0 Å². The minimum Gasteiger partial charge on any atom is -0.0651 e. The Morgan fingerprint density at radius 1 is 0.486 bits per heavy atom. The minimum atomic E-state index is 0.500. The van der Waals surface area contributed by atoms with Crippen molar-refractivity contribution in [3.05, 3.63) is 0 Å². The average Bonchev–Trinajstić information content (AvgIpc) is 2.65. The molecule has 0 spiro atoms. The van der Waals surface area contributed by atoms with Crippen LogP contribution in [0.5, 0.6) is 0 Å². The number of rotatable bonds is 7. The predicted octanol–water partition coefficient (Wildman–Crippen LogP) is 14.2. The first kappa shape index (κ1) is 46.8. The molecular weight excluding hydrogens is 444 g/mol. The van der Waals surface area contributed by atoms with Gasteiger partial charge in [-0.3, -0.25) is 0 Å². The Balaban J connectivity index is -0.000000115. The van der Waals surface area contributed by atoms with Crippen LogP contribution >= 0.6 is 0 Å². The molecule has 0 aliphatic carbocycles. The molecule has 37 heavy (non-hydrogen) atoms. The molecule has 0 nitrogen and oxygen atoms in total. The first-order valence-corrected chi connectivity index (χ1v) is 16.2. The maximum atomic E-state index is 2.32. The van der Waals surface area contributed by atoms with Gasteiger partial charge in [0.2, 0.25) is 0 Å². The van der Waals surface area contributed by atoms with E-state index in [4.69, 9.17) is 0 Å². The van der Waals surface area contributed by atoms with Gasteiger partial charge < -0.3 is 0 Å². The van der Waals surface area contributed by atoms with E-state index in [2.05, 4.69) is 159 Å². The van der Waals surface area contributed by atoms with Crippen LogP contribution in [-0.4, -0.2) is 0 Å². The van der Waals surface area contributed by atoms with E-state index >= 15 is 0 Å². The molecule has 0 fully saturated rings. The van der Waals surface area contributed by atoms with Crippen molar-refractivity contribution in [1.29, 1.82) is 0 Å². The highest BCUT2D eigenvalue weighted by atomic mass is 14.2. The second kappa shape index (κ2) is 23.9. The average molecular weight is 529 g/mol. The van der Waals surface area contributed by atoms with Crippen molar-refractivity contribution >= 4 is 0 Å². The molecular formula is C37H84. The largest absolute Gasteiger partial charge is 0.0651 e. The van der Waals surface area contributed by atoms with Gasteiger partial charge in [-0.05, 0) is 70.5 Å². The molecule has 0 N–H and O–H groups in total. The Morgan fingerprint density at radius 3 is 0.811 bits per heavy atom. The van der Waals surface area contributed by atoms with Gasteiger partial charge in [0, 0.05) is 0 Å². The van der Waals surface area contributed by atoms with Crippen molar-refractivity contribution < 1.29 is 0 Å². The summed E-state index contributed by atoms with van der Waals surface area (Å²) in [7, 11) is 0. The van der Waals surface area contributed by atoms with Gasteiger partial charge in [-0.1, -0.05) is 172 Å². The lowest BCUT2D eigenvalue weighted by Gasteiger charge is -2.27. The van der Waals surface area contributed by atoms with E-state index in [0.717, 1.165) is 41.4 Å². The molecule has 0 aliphatic heterocycles. The van der Waals surface area contributed by atoms with E-state index in [0.29, 0.717) is 16.2 Å². The zero-order valence-electron chi connectivity index (χ0n) is 31.4. The van der Waals surface area contributed by atoms with E-state index in [1.807, 2.05) is 0 Å². The second-order valence-electron chi connectivity index (χ2n) is 16.8. The quantitative estimate of drug-likeness (QED) is 0.308. The lowest BCUT2D eigenvalue weighted by Crippen LogP contribution is -2.17. The molecule has 0 radical (unpaired) electrons. The smallest absolute Gasteiger partial charge is 0.0334 e. The van der Waals surface area contributed by atoms with Gasteiger partial charge in [-0.25, -0.2) is 0 Å². The first-order valence-electron chi connectivity index (χ1n) is 16.2. The standard InChI is InChI=1S/2C8H18.3C7H16/c1-7(2)6-8(3,4)5;1-6-8(4,5)7(2)3;1-6(2)7(3,4)5;1-6(2)5-7(3)4;1-5-7(4)6(2)3/h2*7H,6H2,1-5H3;6H,1-5H3;2*6-7H,5H2,1-4H3. The minimum absolute atomic E-state index is 0.500. The Kier molecular flexibility index (Phi) is 30.2. The summed E-state index contributed by atoms with van der Waals surface area (Å²) >= 11 is 0. The summed E-state index contributed by atoms with van der Waals surface area (Å²) in [5.41, 5.74) is 1.56. The Bertz CT molecular complexity index is 426. The van der Waals surface area contributed by atoms with E-state index < -0.39 is 0 Å². The molecule has 1 unspecified atom stereocenters. The van der Waals surface area contributed by atoms with Crippen LogP contribution in [0.4, 0.5) is 0 Å². The summed E-state index contributed by atoms with van der Waals surface area (Å²) < 4.78 is 0. The van der Waals surface area contributed by atoms with Crippen molar-refractivity contribution in [2.45, 2.75) is 185 Å². The Morgan fingerprint density at radius 2 is 0.811 bits per heavy atom. The summed E-state index contributed by atoms with van der Waals surface area (Å²) in [4.78, 5) is 0. The molecule has 0 saturated heterocycles. The third kappa shape index (κ3) is 46.2. The van der Waals surface area contributed by atoms with Gasteiger partial charge in [0.15, 0.2) is 0 Å². The number of hydrogen-bond donors (Lipinski definition) is 0. The summed E-state index contributed by atoms with van der Waals surface area (Å²) in [5, 5.41) is 0. The van der Waals surface area contributed by atoms with Crippen LogP contribution < -0.4 is 0 Å². The molecule has 0 aromatic carbocycles. The fourth-order valence-corrected chi connectivity index (χ4v) is 3.05. The van der Waals surface area contributed by atoms with Gasteiger partial charge in [0.25, 0.3) is 0 Å². The third-order valence-electron chi connectivity index (χ3n) is 7.95. The van der Waals surface area contributed by atoms with Crippen LogP contribution in [0.3, 0.4) is 0 Å². The van der Waals surface area contributed by atoms with Gasteiger partial charge in [-0.2, -0.15) is 0 Å². The maximum Gasteiger partial charge on any atom is -0.0334 e. The molecule has 0 bridgehead atoms. The summed E-state index contributed by atoms with van der Waals surface area (Å²) in [5.74, 6) is 5.97. The molecule has 0 saturated carbocycles. The molecule has 0 amide bonds. The fraction of sp³-hybridized carbons (Fsp3) is 1.00. The summed E-state index contributed by atoms with van der Waals surface area (Å²) in [6, 6.07) is 0. The van der Waals surface area contributed by atoms with Crippen LogP contribution in [0.15, 0.2) is 0 Å². The molecule has 1 atom stereocenters. The van der Waals surface area contributed by atoms with Crippen LogP contribution in [-0.2, 0) is 0 Å². The van der Waals surface area contributed by atoms with Crippen LogP contribution in [0, 0.1) is 57.7 Å². The maximum absolute atomic E-state index is 2.32. The summed E-state index contributed by atoms with van der Waals surface area (Å²) in [6.45, 7) is 52.3. The van der Waals surface area contributed by atoms with Crippen LogP contribution in [0.1, 0.15) is 185 Å². The topological polar surface area (TPSA) is 0 Å². The van der Waals surface area contributed by atoms with Crippen LogP contribution in [0.25, 0.3) is 0 Å². The van der Waals surface area contributed by atoms with Crippen molar-refractivity contribution in [3.8, 4) is 0 Å². The fourth-order valence-electron chi connectivity index (χ4n) is 3.05. The summed E-state index contributed by atoms with van der Waals surface area (Å²) in [6.07, 6.45) is 5.29. The molecule has 0 heteroatoms. The SMILES string of the molecule is CC(C)C(C)(C)C.CC(C)CC(C)(C)C.CC(C)CC(C)C.CCC(C)(C)C(C)C.CCC(C)C(C)C. The highest BCUT2D eigenvalue weighted by Gasteiger charge is 2.18. The zero-order chi connectivity index (χ0) is 31.4. The Labute approximate surface area is 242 Å². The number of hydrogen-bond acceptors (Lipinski definition) is 0. The van der Waals surface area contributed by atoms with Gasteiger partial charge in [0.05, 0.1) is 0 Å². The molecule has 0 rings (SSSR count). The van der Waals surface area contributed by atoms with Gasteiger partial charge in [-0.15, -0.1) is 0 Å². The molecule has 0 aromatic heterocycles. The monoisotopic (exact) mass is 529 g/mol. The van der Waals surface area contributed by atoms with Crippen LogP contribution in [0.2, 0.25) is 0 Å². The predicted molar refractivity (Wildman–Crippen MR) is 181 cm³/mol. The van der Waals surface area contributed by atoms with E-state index in [-0.39, 0.29) is 0 Å². The molecule has 0 heterocycles. The van der Waals surface area contributed by atoms with E-state index in [1.54, 1.807) is 0 Å². The normalized spacial score (nSPS) is 12.9. The molecule has 232 valence electrons. The van der Waals surface area contributed by atoms with Gasteiger partial charge >= 0.3 is 0 Å². The zero-order valence-corrected chi connectivity index (χ0v) is 31.4. The van der Waals surface area contributed by atoms with Crippen molar-refractivity contribution in [1.82, 2.24) is 0 Å².